The van der Waals surface area contributed by atoms with Crippen LogP contribution in [0.2, 0.25) is 10.0 Å². The van der Waals surface area contributed by atoms with Gasteiger partial charge in [0, 0.05) is 0 Å². The Kier molecular flexibility index (Phi) is 6.31. The van der Waals surface area contributed by atoms with E-state index in [1.165, 1.54) is 0 Å². The summed E-state index contributed by atoms with van der Waals surface area (Å²) < 4.78 is 5.68. The Balaban J connectivity index is 2.01. The number of benzene rings is 2. The largest absolute Gasteiger partial charge is 0.483 e. The van der Waals surface area contributed by atoms with Gasteiger partial charge in [0.05, 0.1) is 15.7 Å². The summed E-state index contributed by atoms with van der Waals surface area (Å²) in [6.07, 6.45) is 1.00. The first-order valence-corrected chi connectivity index (χ1v) is 8.24. The molecule has 0 aliphatic rings. The van der Waals surface area contributed by atoms with Crippen molar-refractivity contribution >= 4 is 34.8 Å². The number of carbonyl (C=O) groups excluding carboxylic acids is 1. The second-order valence-electron chi connectivity index (χ2n) is 5.29. The average Bonchev–Trinajstić information content (AvgIpc) is 2.56. The summed E-state index contributed by atoms with van der Waals surface area (Å²) >= 11 is 12.0. The maximum atomic E-state index is 12.1. The molecule has 0 heterocycles. The van der Waals surface area contributed by atoms with Crippen molar-refractivity contribution in [3.63, 3.8) is 0 Å². The number of hydrogen-bond acceptors (Lipinski definition) is 2. The SMILES string of the molecule is CC[C@@H](C)c1ccccc1OCC(=O)Nc1cccc(Cl)c1Cl. The lowest BCUT2D eigenvalue weighted by Crippen LogP contribution is -2.20. The summed E-state index contributed by atoms with van der Waals surface area (Å²) in [7, 11) is 0. The van der Waals surface area contributed by atoms with Crippen LogP contribution in [0.15, 0.2) is 42.5 Å². The fourth-order valence-corrected chi connectivity index (χ4v) is 2.52. The number of rotatable bonds is 6. The molecule has 0 saturated heterocycles. The standard InChI is InChI=1S/C18H19Cl2NO2/c1-3-12(2)13-7-4-5-10-16(13)23-11-17(22)21-15-9-6-8-14(19)18(15)20/h4-10,12H,3,11H2,1-2H3,(H,21,22)/t12-/m1/s1. The summed E-state index contributed by atoms with van der Waals surface area (Å²) in [5.74, 6) is 0.818. The van der Waals surface area contributed by atoms with Gasteiger partial charge in [-0.25, -0.2) is 0 Å². The van der Waals surface area contributed by atoms with Crippen LogP contribution < -0.4 is 10.1 Å². The predicted octanol–water partition coefficient (Wildman–Crippen LogP) is 5.52. The minimum Gasteiger partial charge on any atom is -0.483 e. The Morgan fingerprint density at radius 2 is 1.91 bits per heavy atom. The maximum Gasteiger partial charge on any atom is 0.262 e. The third-order valence-electron chi connectivity index (χ3n) is 3.65. The van der Waals surface area contributed by atoms with Crippen LogP contribution in [0.1, 0.15) is 31.7 Å². The summed E-state index contributed by atoms with van der Waals surface area (Å²) in [5, 5.41) is 3.42. The Morgan fingerprint density at radius 3 is 2.65 bits per heavy atom. The molecule has 0 fully saturated rings. The van der Waals surface area contributed by atoms with Crippen LogP contribution in [-0.4, -0.2) is 12.5 Å². The smallest absolute Gasteiger partial charge is 0.262 e. The van der Waals surface area contributed by atoms with Crippen molar-refractivity contribution in [2.75, 3.05) is 11.9 Å². The monoisotopic (exact) mass is 351 g/mol. The van der Waals surface area contributed by atoms with E-state index in [2.05, 4.69) is 19.2 Å². The highest BCUT2D eigenvalue weighted by atomic mass is 35.5. The zero-order valence-corrected chi connectivity index (χ0v) is 14.6. The van der Waals surface area contributed by atoms with E-state index in [1.54, 1.807) is 18.2 Å². The number of ether oxygens (including phenoxy) is 1. The lowest BCUT2D eigenvalue weighted by molar-refractivity contribution is -0.118. The fourth-order valence-electron chi connectivity index (χ4n) is 2.17. The average molecular weight is 352 g/mol. The third kappa shape index (κ3) is 4.63. The molecule has 2 aromatic rings. The second kappa shape index (κ2) is 8.23. The van der Waals surface area contributed by atoms with Crippen LogP contribution in [0.3, 0.4) is 0 Å². The first-order valence-electron chi connectivity index (χ1n) is 7.48. The first-order chi connectivity index (χ1) is 11.0. The summed E-state index contributed by atoms with van der Waals surface area (Å²) in [6, 6.07) is 12.9. The van der Waals surface area contributed by atoms with Gasteiger partial charge in [0.25, 0.3) is 5.91 Å². The van der Waals surface area contributed by atoms with E-state index in [-0.39, 0.29) is 12.5 Å². The number of amides is 1. The minimum absolute atomic E-state index is 0.0870. The Labute approximate surface area is 146 Å². The van der Waals surface area contributed by atoms with Gasteiger partial charge in [-0.1, -0.05) is 61.3 Å². The molecule has 0 aliphatic heterocycles. The maximum absolute atomic E-state index is 12.1. The summed E-state index contributed by atoms with van der Waals surface area (Å²) in [4.78, 5) is 12.1. The van der Waals surface area contributed by atoms with Crippen LogP contribution in [0.4, 0.5) is 5.69 Å². The van der Waals surface area contributed by atoms with E-state index in [1.807, 2.05) is 24.3 Å². The van der Waals surface area contributed by atoms with Crippen molar-refractivity contribution in [3.05, 3.63) is 58.1 Å². The normalized spacial score (nSPS) is 11.8. The van der Waals surface area contributed by atoms with E-state index < -0.39 is 0 Å². The van der Waals surface area contributed by atoms with E-state index in [0.717, 1.165) is 17.7 Å². The number of nitrogens with one attached hydrogen (secondary N) is 1. The van der Waals surface area contributed by atoms with E-state index in [0.29, 0.717) is 21.7 Å². The van der Waals surface area contributed by atoms with Crippen LogP contribution in [-0.2, 0) is 4.79 Å². The van der Waals surface area contributed by atoms with Gasteiger partial charge < -0.3 is 10.1 Å². The molecule has 0 saturated carbocycles. The molecule has 122 valence electrons. The molecule has 1 N–H and O–H groups in total. The lowest BCUT2D eigenvalue weighted by Gasteiger charge is -2.15. The topological polar surface area (TPSA) is 38.3 Å². The molecule has 0 spiro atoms. The molecule has 2 rings (SSSR count). The predicted molar refractivity (Wildman–Crippen MR) is 95.7 cm³/mol. The van der Waals surface area contributed by atoms with Gasteiger partial charge in [-0.3, -0.25) is 4.79 Å². The van der Waals surface area contributed by atoms with Crippen LogP contribution in [0, 0.1) is 0 Å². The Hall–Kier alpha value is -1.71. The van der Waals surface area contributed by atoms with Crippen molar-refractivity contribution in [2.24, 2.45) is 0 Å². The highest BCUT2D eigenvalue weighted by Crippen LogP contribution is 2.30. The highest BCUT2D eigenvalue weighted by molar-refractivity contribution is 6.43. The zero-order chi connectivity index (χ0) is 16.8. The van der Waals surface area contributed by atoms with Gasteiger partial charge in [0.2, 0.25) is 0 Å². The molecule has 0 radical (unpaired) electrons. The molecular weight excluding hydrogens is 333 g/mol. The van der Waals surface area contributed by atoms with Crippen LogP contribution in [0.5, 0.6) is 5.75 Å². The summed E-state index contributed by atoms with van der Waals surface area (Å²) in [6.45, 7) is 4.17. The molecule has 2 aromatic carbocycles. The van der Waals surface area contributed by atoms with E-state index in [4.69, 9.17) is 27.9 Å². The Bertz CT molecular complexity index is 688. The number of hydrogen-bond donors (Lipinski definition) is 1. The van der Waals surface area contributed by atoms with Gasteiger partial charge in [0.1, 0.15) is 5.75 Å². The zero-order valence-electron chi connectivity index (χ0n) is 13.1. The molecule has 0 aliphatic carbocycles. The molecule has 3 nitrogen and oxygen atoms in total. The first kappa shape index (κ1) is 17.6. The van der Waals surface area contributed by atoms with Crippen molar-refractivity contribution in [3.8, 4) is 5.75 Å². The summed E-state index contributed by atoms with van der Waals surface area (Å²) in [5.41, 5.74) is 1.58. The van der Waals surface area contributed by atoms with E-state index >= 15 is 0 Å². The number of halogens is 2. The molecule has 23 heavy (non-hydrogen) atoms. The molecular formula is C18H19Cl2NO2. The molecule has 0 bridgehead atoms. The van der Waals surface area contributed by atoms with Crippen molar-refractivity contribution in [2.45, 2.75) is 26.2 Å². The van der Waals surface area contributed by atoms with Gasteiger partial charge in [-0.05, 0) is 36.1 Å². The van der Waals surface area contributed by atoms with Crippen LogP contribution in [0.25, 0.3) is 0 Å². The van der Waals surface area contributed by atoms with Crippen molar-refractivity contribution in [1.29, 1.82) is 0 Å². The highest BCUT2D eigenvalue weighted by Gasteiger charge is 2.12. The quantitative estimate of drug-likeness (QED) is 0.743. The Morgan fingerprint density at radius 1 is 1.17 bits per heavy atom. The lowest BCUT2D eigenvalue weighted by atomic mass is 9.98. The molecule has 1 atom stereocenters. The van der Waals surface area contributed by atoms with Crippen molar-refractivity contribution < 1.29 is 9.53 Å². The molecule has 5 heteroatoms. The van der Waals surface area contributed by atoms with Crippen LogP contribution >= 0.6 is 23.2 Å². The number of anilines is 1. The van der Waals surface area contributed by atoms with Gasteiger partial charge in [0.15, 0.2) is 6.61 Å². The number of para-hydroxylation sites is 1. The third-order valence-corrected chi connectivity index (χ3v) is 4.47. The number of carbonyl (C=O) groups is 1. The van der Waals surface area contributed by atoms with Crippen molar-refractivity contribution in [1.82, 2.24) is 0 Å². The van der Waals surface area contributed by atoms with Gasteiger partial charge in [-0.2, -0.15) is 0 Å². The van der Waals surface area contributed by atoms with Gasteiger partial charge in [-0.15, -0.1) is 0 Å². The minimum atomic E-state index is -0.284. The second-order valence-corrected chi connectivity index (χ2v) is 6.07. The molecule has 1 amide bonds. The molecule has 0 unspecified atom stereocenters. The van der Waals surface area contributed by atoms with E-state index in [9.17, 15) is 4.79 Å². The van der Waals surface area contributed by atoms with Gasteiger partial charge >= 0.3 is 0 Å². The fraction of sp³-hybridized carbons (Fsp3) is 0.278. The molecule has 0 aromatic heterocycles.